The first-order valence-electron chi connectivity index (χ1n) is 8.11. The molecule has 0 aliphatic heterocycles. The molecule has 1 N–H and O–H groups in total. The van der Waals surface area contributed by atoms with Gasteiger partial charge in [0.2, 0.25) is 0 Å². The van der Waals surface area contributed by atoms with Gasteiger partial charge in [-0.3, -0.25) is 4.79 Å². The zero-order valence-electron chi connectivity index (χ0n) is 13.6. The second kappa shape index (κ2) is 7.55. The SMILES string of the molecule is CCCc1c(C(=O)NCc2ccccc2)nnn1-c1ccccc1. The molecule has 122 valence electrons. The molecule has 0 aliphatic carbocycles. The highest BCUT2D eigenvalue weighted by molar-refractivity contribution is 5.93. The lowest BCUT2D eigenvalue weighted by Gasteiger charge is -2.08. The Kier molecular flexibility index (Phi) is 5.01. The van der Waals surface area contributed by atoms with Gasteiger partial charge in [0.1, 0.15) is 0 Å². The van der Waals surface area contributed by atoms with E-state index in [1.54, 1.807) is 4.68 Å². The smallest absolute Gasteiger partial charge is 0.274 e. The Hall–Kier alpha value is -2.95. The van der Waals surface area contributed by atoms with Crippen LogP contribution in [0, 0.1) is 0 Å². The number of aromatic nitrogens is 3. The minimum absolute atomic E-state index is 0.190. The lowest BCUT2D eigenvalue weighted by molar-refractivity contribution is 0.0945. The summed E-state index contributed by atoms with van der Waals surface area (Å²) < 4.78 is 1.75. The third kappa shape index (κ3) is 3.51. The fourth-order valence-electron chi connectivity index (χ4n) is 2.58. The first-order chi connectivity index (χ1) is 11.8. The number of amides is 1. The summed E-state index contributed by atoms with van der Waals surface area (Å²) in [5, 5.41) is 11.2. The first-order valence-corrected chi connectivity index (χ1v) is 8.11. The number of carbonyl (C=O) groups is 1. The van der Waals surface area contributed by atoms with E-state index in [2.05, 4.69) is 22.6 Å². The molecule has 0 radical (unpaired) electrons. The molecule has 0 aliphatic rings. The summed E-state index contributed by atoms with van der Waals surface area (Å²) in [7, 11) is 0. The van der Waals surface area contributed by atoms with Crippen LogP contribution >= 0.6 is 0 Å². The van der Waals surface area contributed by atoms with Crippen molar-refractivity contribution in [2.45, 2.75) is 26.3 Å². The van der Waals surface area contributed by atoms with Crippen LogP contribution in [0.25, 0.3) is 5.69 Å². The molecule has 0 bridgehead atoms. The third-order valence-corrected chi connectivity index (χ3v) is 3.76. The van der Waals surface area contributed by atoms with Crippen LogP contribution in [0.15, 0.2) is 60.7 Å². The molecule has 0 atom stereocenters. The van der Waals surface area contributed by atoms with E-state index >= 15 is 0 Å². The van der Waals surface area contributed by atoms with E-state index in [-0.39, 0.29) is 5.91 Å². The number of hydrogen-bond acceptors (Lipinski definition) is 3. The average molecular weight is 320 g/mol. The van der Waals surface area contributed by atoms with Gasteiger partial charge in [0.05, 0.1) is 11.4 Å². The maximum absolute atomic E-state index is 12.5. The van der Waals surface area contributed by atoms with Crippen molar-refractivity contribution in [1.82, 2.24) is 20.3 Å². The van der Waals surface area contributed by atoms with Crippen LogP contribution in [0.2, 0.25) is 0 Å². The predicted octanol–water partition coefficient (Wildman–Crippen LogP) is 3.15. The molecular weight excluding hydrogens is 300 g/mol. The lowest BCUT2D eigenvalue weighted by Crippen LogP contribution is -2.24. The zero-order chi connectivity index (χ0) is 16.8. The molecule has 5 heteroatoms. The molecule has 0 saturated heterocycles. The van der Waals surface area contributed by atoms with Crippen LogP contribution in [0.1, 0.15) is 35.1 Å². The fraction of sp³-hybridized carbons (Fsp3) is 0.211. The lowest BCUT2D eigenvalue weighted by atomic mass is 10.1. The summed E-state index contributed by atoms with van der Waals surface area (Å²) in [6, 6.07) is 19.6. The maximum Gasteiger partial charge on any atom is 0.274 e. The topological polar surface area (TPSA) is 59.8 Å². The highest BCUT2D eigenvalue weighted by atomic mass is 16.2. The molecule has 1 amide bonds. The normalized spacial score (nSPS) is 10.5. The maximum atomic E-state index is 12.5. The molecule has 1 heterocycles. The molecule has 1 aromatic heterocycles. The number of carbonyl (C=O) groups excluding carboxylic acids is 1. The number of nitrogens with zero attached hydrogens (tertiary/aromatic N) is 3. The minimum atomic E-state index is -0.190. The molecule has 0 unspecified atom stereocenters. The van der Waals surface area contributed by atoms with Gasteiger partial charge < -0.3 is 5.32 Å². The highest BCUT2D eigenvalue weighted by Gasteiger charge is 2.19. The Morgan fingerprint density at radius 1 is 1.04 bits per heavy atom. The van der Waals surface area contributed by atoms with Crippen molar-refractivity contribution < 1.29 is 4.79 Å². The number of nitrogens with one attached hydrogen (secondary N) is 1. The second-order valence-corrected chi connectivity index (χ2v) is 5.55. The van der Waals surface area contributed by atoms with Crippen molar-refractivity contribution in [1.29, 1.82) is 0 Å². The molecule has 2 aromatic carbocycles. The third-order valence-electron chi connectivity index (χ3n) is 3.76. The quantitative estimate of drug-likeness (QED) is 0.759. The van der Waals surface area contributed by atoms with E-state index in [1.807, 2.05) is 60.7 Å². The molecular formula is C19H20N4O. The van der Waals surface area contributed by atoms with Crippen LogP contribution in [-0.4, -0.2) is 20.9 Å². The summed E-state index contributed by atoms with van der Waals surface area (Å²) in [5.41, 5.74) is 3.21. The van der Waals surface area contributed by atoms with Gasteiger partial charge >= 0.3 is 0 Å². The van der Waals surface area contributed by atoms with E-state index in [9.17, 15) is 4.79 Å². The molecule has 0 spiro atoms. The van der Waals surface area contributed by atoms with E-state index in [4.69, 9.17) is 0 Å². The fourth-order valence-corrected chi connectivity index (χ4v) is 2.58. The average Bonchev–Trinajstić information content (AvgIpc) is 3.05. The highest BCUT2D eigenvalue weighted by Crippen LogP contribution is 2.15. The Morgan fingerprint density at radius 2 is 1.71 bits per heavy atom. The molecule has 5 nitrogen and oxygen atoms in total. The Morgan fingerprint density at radius 3 is 2.38 bits per heavy atom. The van der Waals surface area contributed by atoms with Gasteiger partial charge in [0.15, 0.2) is 5.69 Å². The minimum Gasteiger partial charge on any atom is -0.347 e. The van der Waals surface area contributed by atoms with Crippen molar-refractivity contribution in [3.63, 3.8) is 0 Å². The Bertz CT molecular complexity index is 797. The summed E-state index contributed by atoms with van der Waals surface area (Å²) in [6.45, 7) is 2.55. The van der Waals surface area contributed by atoms with E-state index < -0.39 is 0 Å². The number of benzene rings is 2. The van der Waals surface area contributed by atoms with Crippen molar-refractivity contribution in [2.24, 2.45) is 0 Å². The number of hydrogen-bond donors (Lipinski definition) is 1. The van der Waals surface area contributed by atoms with E-state index in [0.717, 1.165) is 29.8 Å². The Balaban J connectivity index is 1.82. The molecule has 0 fully saturated rings. The van der Waals surface area contributed by atoms with Gasteiger partial charge in [-0.2, -0.15) is 0 Å². The van der Waals surface area contributed by atoms with Crippen molar-refractivity contribution in [3.8, 4) is 5.69 Å². The van der Waals surface area contributed by atoms with Crippen LogP contribution in [0.3, 0.4) is 0 Å². The largest absolute Gasteiger partial charge is 0.347 e. The number of rotatable bonds is 6. The van der Waals surface area contributed by atoms with Gasteiger partial charge in [0, 0.05) is 6.54 Å². The molecule has 0 saturated carbocycles. The summed E-state index contributed by atoms with van der Waals surface area (Å²) in [4.78, 5) is 12.5. The summed E-state index contributed by atoms with van der Waals surface area (Å²) >= 11 is 0. The molecule has 24 heavy (non-hydrogen) atoms. The van der Waals surface area contributed by atoms with Crippen LogP contribution < -0.4 is 5.32 Å². The predicted molar refractivity (Wildman–Crippen MR) is 93.0 cm³/mol. The molecule has 3 aromatic rings. The first kappa shape index (κ1) is 15.9. The van der Waals surface area contributed by atoms with Crippen LogP contribution in [0.4, 0.5) is 0 Å². The zero-order valence-corrected chi connectivity index (χ0v) is 13.6. The standard InChI is InChI=1S/C19H20N4O/c1-2-9-17-18(19(24)20-14-15-10-5-3-6-11-15)21-22-23(17)16-12-7-4-8-13-16/h3-8,10-13H,2,9,14H2,1H3,(H,20,24). The van der Waals surface area contributed by atoms with Gasteiger partial charge in [-0.1, -0.05) is 67.1 Å². The summed E-state index contributed by atoms with van der Waals surface area (Å²) in [5.74, 6) is -0.190. The molecule has 3 rings (SSSR count). The van der Waals surface area contributed by atoms with Gasteiger partial charge in [-0.05, 0) is 24.1 Å². The van der Waals surface area contributed by atoms with E-state index in [1.165, 1.54) is 0 Å². The second-order valence-electron chi connectivity index (χ2n) is 5.55. The van der Waals surface area contributed by atoms with Gasteiger partial charge in [-0.15, -0.1) is 5.10 Å². The number of para-hydroxylation sites is 1. The van der Waals surface area contributed by atoms with E-state index in [0.29, 0.717) is 12.2 Å². The van der Waals surface area contributed by atoms with Crippen LogP contribution in [0.5, 0.6) is 0 Å². The van der Waals surface area contributed by atoms with Crippen LogP contribution in [-0.2, 0) is 13.0 Å². The van der Waals surface area contributed by atoms with Crippen molar-refractivity contribution in [2.75, 3.05) is 0 Å². The monoisotopic (exact) mass is 320 g/mol. The van der Waals surface area contributed by atoms with Gasteiger partial charge in [-0.25, -0.2) is 4.68 Å². The summed E-state index contributed by atoms with van der Waals surface area (Å²) in [6.07, 6.45) is 1.66. The van der Waals surface area contributed by atoms with Gasteiger partial charge in [0.25, 0.3) is 5.91 Å². The van der Waals surface area contributed by atoms with Crippen molar-refractivity contribution in [3.05, 3.63) is 77.6 Å². The Labute approximate surface area is 141 Å². The van der Waals surface area contributed by atoms with Crippen molar-refractivity contribution >= 4 is 5.91 Å².